The summed E-state index contributed by atoms with van der Waals surface area (Å²) in [6, 6.07) is 0.263. The van der Waals surface area contributed by atoms with Crippen molar-refractivity contribution in [2.24, 2.45) is 5.92 Å². The summed E-state index contributed by atoms with van der Waals surface area (Å²) in [5.74, 6) is 1.53. The zero-order valence-electron chi connectivity index (χ0n) is 10.7. The molecule has 2 aliphatic rings. The number of hydrogen-bond donors (Lipinski definition) is 1. The van der Waals surface area contributed by atoms with E-state index in [0.29, 0.717) is 0 Å². The Hall–Kier alpha value is -1.58. The Balaban J connectivity index is 1.60. The number of carbonyl (C=O) groups excluding carboxylic acids is 1. The highest BCUT2D eigenvalue weighted by molar-refractivity contribution is 5.79. The first-order valence-electron chi connectivity index (χ1n) is 6.70. The van der Waals surface area contributed by atoms with Gasteiger partial charge in [-0.15, -0.1) is 0 Å². The molecule has 0 fully saturated rings. The number of nitrogens with one attached hydrogen (secondary N) is 1. The number of hydrogen-bond acceptors (Lipinski definition) is 2. The van der Waals surface area contributed by atoms with E-state index in [1.807, 2.05) is 6.92 Å². The average molecular weight is 245 g/mol. The standard InChI is InChI=1S/C14H19N3O/c1-10-8-17-9-12(6-7-13(17)15-10)16-14(18)11-4-2-3-5-11/h2-3,8,11-12H,4-7,9H2,1H3,(H,16,18)/t12-/m0/s1. The van der Waals surface area contributed by atoms with Crippen LogP contribution >= 0.6 is 0 Å². The quantitative estimate of drug-likeness (QED) is 0.804. The molecule has 4 nitrogen and oxygen atoms in total. The van der Waals surface area contributed by atoms with Gasteiger partial charge in [0.2, 0.25) is 5.91 Å². The predicted molar refractivity (Wildman–Crippen MR) is 69.1 cm³/mol. The number of rotatable bonds is 2. The van der Waals surface area contributed by atoms with Crippen molar-refractivity contribution >= 4 is 5.91 Å². The summed E-state index contributed by atoms with van der Waals surface area (Å²) in [5.41, 5.74) is 1.07. The summed E-state index contributed by atoms with van der Waals surface area (Å²) in [7, 11) is 0. The number of fused-ring (bicyclic) bond motifs is 1. The molecule has 96 valence electrons. The highest BCUT2D eigenvalue weighted by atomic mass is 16.1. The predicted octanol–water partition coefficient (Wildman–Crippen LogP) is 1.59. The molecule has 1 aromatic rings. The fraction of sp³-hybridized carbons (Fsp3) is 0.571. The Kier molecular flexibility index (Phi) is 2.94. The van der Waals surface area contributed by atoms with Gasteiger partial charge in [-0.05, 0) is 26.2 Å². The van der Waals surface area contributed by atoms with Crippen LogP contribution in [-0.2, 0) is 17.8 Å². The molecule has 18 heavy (non-hydrogen) atoms. The fourth-order valence-corrected chi connectivity index (χ4v) is 2.85. The van der Waals surface area contributed by atoms with Crippen LogP contribution in [-0.4, -0.2) is 21.5 Å². The smallest absolute Gasteiger partial charge is 0.224 e. The van der Waals surface area contributed by atoms with Gasteiger partial charge in [-0.1, -0.05) is 12.2 Å². The van der Waals surface area contributed by atoms with E-state index in [1.165, 1.54) is 0 Å². The number of imidazole rings is 1. The lowest BCUT2D eigenvalue weighted by atomic mass is 10.0. The lowest BCUT2D eigenvalue weighted by Crippen LogP contribution is -2.43. The first-order valence-corrected chi connectivity index (χ1v) is 6.70. The van der Waals surface area contributed by atoms with Gasteiger partial charge in [0.05, 0.1) is 5.69 Å². The molecule has 1 amide bonds. The summed E-state index contributed by atoms with van der Waals surface area (Å²) in [6.07, 6.45) is 10.0. The molecule has 0 unspecified atom stereocenters. The van der Waals surface area contributed by atoms with E-state index in [1.54, 1.807) is 0 Å². The monoisotopic (exact) mass is 245 g/mol. The molecule has 1 N–H and O–H groups in total. The second-order valence-corrected chi connectivity index (χ2v) is 5.33. The number of aromatic nitrogens is 2. The largest absolute Gasteiger partial charge is 0.351 e. The zero-order valence-corrected chi connectivity index (χ0v) is 10.7. The lowest BCUT2D eigenvalue weighted by molar-refractivity contribution is -0.125. The van der Waals surface area contributed by atoms with Gasteiger partial charge in [0, 0.05) is 31.1 Å². The minimum Gasteiger partial charge on any atom is -0.351 e. The Labute approximate surface area is 107 Å². The minimum atomic E-state index is 0.163. The molecule has 1 atom stereocenters. The van der Waals surface area contributed by atoms with Gasteiger partial charge in [0.25, 0.3) is 0 Å². The first-order chi connectivity index (χ1) is 8.72. The Morgan fingerprint density at radius 2 is 2.22 bits per heavy atom. The molecular formula is C14H19N3O. The number of allylic oxidation sites excluding steroid dienone is 2. The van der Waals surface area contributed by atoms with Gasteiger partial charge in [-0.25, -0.2) is 4.98 Å². The number of amides is 1. The maximum atomic E-state index is 12.1. The third-order valence-corrected chi connectivity index (χ3v) is 3.84. The van der Waals surface area contributed by atoms with Gasteiger partial charge in [0.1, 0.15) is 5.82 Å². The molecule has 1 aliphatic heterocycles. The van der Waals surface area contributed by atoms with E-state index < -0.39 is 0 Å². The van der Waals surface area contributed by atoms with Gasteiger partial charge in [-0.2, -0.15) is 0 Å². The molecule has 0 spiro atoms. The average Bonchev–Trinajstić information content (AvgIpc) is 2.95. The number of carbonyl (C=O) groups is 1. The molecule has 0 bridgehead atoms. The number of aryl methyl sites for hydroxylation is 2. The molecule has 0 aromatic carbocycles. The summed E-state index contributed by atoms with van der Waals surface area (Å²) < 4.78 is 2.18. The summed E-state index contributed by atoms with van der Waals surface area (Å²) in [4.78, 5) is 16.5. The van der Waals surface area contributed by atoms with Crippen LogP contribution in [0.25, 0.3) is 0 Å². The Bertz CT molecular complexity index is 481. The van der Waals surface area contributed by atoms with Crippen molar-refractivity contribution in [2.45, 2.75) is 45.2 Å². The van der Waals surface area contributed by atoms with E-state index in [2.05, 4.69) is 33.2 Å². The van der Waals surface area contributed by atoms with Crippen molar-refractivity contribution in [3.05, 3.63) is 29.9 Å². The highest BCUT2D eigenvalue weighted by Gasteiger charge is 2.25. The van der Waals surface area contributed by atoms with Crippen molar-refractivity contribution < 1.29 is 4.79 Å². The van der Waals surface area contributed by atoms with Crippen LogP contribution in [0.1, 0.15) is 30.8 Å². The molecule has 1 aromatic heterocycles. The van der Waals surface area contributed by atoms with Crippen LogP contribution in [0.4, 0.5) is 0 Å². The SMILES string of the molecule is Cc1cn2c(n1)CC[C@H](NC(=O)C1CC=CC1)C2. The van der Waals surface area contributed by atoms with Crippen LogP contribution < -0.4 is 5.32 Å². The van der Waals surface area contributed by atoms with Crippen LogP contribution in [0.2, 0.25) is 0 Å². The van der Waals surface area contributed by atoms with E-state index in [-0.39, 0.29) is 17.9 Å². The molecule has 4 heteroatoms. The molecule has 0 saturated heterocycles. The van der Waals surface area contributed by atoms with Crippen molar-refractivity contribution in [3.63, 3.8) is 0 Å². The third-order valence-electron chi connectivity index (χ3n) is 3.84. The highest BCUT2D eigenvalue weighted by Crippen LogP contribution is 2.20. The van der Waals surface area contributed by atoms with Crippen LogP contribution in [0.5, 0.6) is 0 Å². The van der Waals surface area contributed by atoms with E-state index >= 15 is 0 Å². The summed E-state index contributed by atoms with van der Waals surface area (Å²) >= 11 is 0. The second kappa shape index (κ2) is 4.59. The van der Waals surface area contributed by atoms with Crippen LogP contribution in [0.15, 0.2) is 18.3 Å². The molecule has 0 radical (unpaired) electrons. The van der Waals surface area contributed by atoms with Crippen molar-refractivity contribution in [2.75, 3.05) is 0 Å². The topological polar surface area (TPSA) is 46.9 Å². The van der Waals surface area contributed by atoms with E-state index in [4.69, 9.17) is 0 Å². The molecule has 0 saturated carbocycles. The Morgan fingerprint density at radius 3 is 3.00 bits per heavy atom. The van der Waals surface area contributed by atoms with E-state index in [9.17, 15) is 4.79 Å². The van der Waals surface area contributed by atoms with Crippen molar-refractivity contribution in [3.8, 4) is 0 Å². The lowest BCUT2D eigenvalue weighted by Gasteiger charge is -2.25. The second-order valence-electron chi connectivity index (χ2n) is 5.33. The summed E-state index contributed by atoms with van der Waals surface area (Å²) in [5, 5.41) is 3.18. The minimum absolute atomic E-state index is 0.163. The van der Waals surface area contributed by atoms with E-state index in [0.717, 1.165) is 43.7 Å². The first kappa shape index (κ1) is 11.5. The van der Waals surface area contributed by atoms with Crippen molar-refractivity contribution in [1.29, 1.82) is 0 Å². The number of nitrogens with zero attached hydrogens (tertiary/aromatic N) is 2. The molecule has 3 rings (SSSR count). The normalized spacial score (nSPS) is 23.1. The van der Waals surface area contributed by atoms with Crippen molar-refractivity contribution in [1.82, 2.24) is 14.9 Å². The Morgan fingerprint density at radius 1 is 1.44 bits per heavy atom. The molecule has 2 heterocycles. The van der Waals surface area contributed by atoms with Crippen LogP contribution in [0.3, 0.4) is 0 Å². The zero-order chi connectivity index (χ0) is 12.5. The van der Waals surface area contributed by atoms with Gasteiger partial charge in [0.15, 0.2) is 0 Å². The maximum absolute atomic E-state index is 12.1. The maximum Gasteiger partial charge on any atom is 0.224 e. The van der Waals surface area contributed by atoms with Gasteiger partial charge >= 0.3 is 0 Å². The summed E-state index contributed by atoms with van der Waals surface area (Å²) in [6.45, 7) is 2.88. The molecule has 1 aliphatic carbocycles. The van der Waals surface area contributed by atoms with Crippen LogP contribution in [0, 0.1) is 12.8 Å². The molecular weight excluding hydrogens is 226 g/mol. The van der Waals surface area contributed by atoms with Gasteiger partial charge in [-0.3, -0.25) is 4.79 Å². The third kappa shape index (κ3) is 2.19. The van der Waals surface area contributed by atoms with Gasteiger partial charge < -0.3 is 9.88 Å². The fourth-order valence-electron chi connectivity index (χ4n) is 2.85.